The summed E-state index contributed by atoms with van der Waals surface area (Å²) >= 11 is 6.68. The number of hydrogen-bond donors (Lipinski definition) is 0. The van der Waals surface area contributed by atoms with Crippen molar-refractivity contribution in [2.24, 2.45) is 0 Å². The van der Waals surface area contributed by atoms with Crippen LogP contribution in [0.4, 0.5) is 0 Å². The molecule has 0 N–H and O–H groups in total. The van der Waals surface area contributed by atoms with E-state index in [1.165, 1.54) is 18.4 Å². The van der Waals surface area contributed by atoms with E-state index in [2.05, 4.69) is 26.4 Å². The highest BCUT2D eigenvalue weighted by atomic mass is 35.5. The largest absolute Gasteiger partial charge is 0.378 e. The van der Waals surface area contributed by atoms with Crippen molar-refractivity contribution in [2.45, 2.75) is 43.7 Å². The molecule has 0 unspecified atom stereocenters. The number of fused-ring (bicyclic) bond motifs is 1. The lowest BCUT2D eigenvalue weighted by Crippen LogP contribution is -2.51. The minimum atomic E-state index is 0.486. The molecule has 146 valence electrons. The van der Waals surface area contributed by atoms with Crippen LogP contribution >= 0.6 is 11.6 Å². The van der Waals surface area contributed by atoms with Gasteiger partial charge in [-0.2, -0.15) is 5.10 Å². The van der Waals surface area contributed by atoms with Gasteiger partial charge in [-0.3, -0.25) is 4.90 Å². The van der Waals surface area contributed by atoms with E-state index in [0.717, 1.165) is 60.9 Å². The SMILES string of the molecule is Clc1cc2cnn(-c3cn(C4CC4)nn3)c2cc1C1CCN(C2COC2)CC1. The van der Waals surface area contributed by atoms with E-state index in [9.17, 15) is 0 Å². The van der Waals surface area contributed by atoms with Gasteiger partial charge in [0.25, 0.3) is 0 Å². The molecule has 2 aliphatic heterocycles. The van der Waals surface area contributed by atoms with Crippen LogP contribution < -0.4 is 0 Å². The summed E-state index contributed by atoms with van der Waals surface area (Å²) in [6.07, 6.45) is 8.50. The van der Waals surface area contributed by atoms with Crippen LogP contribution in [0.25, 0.3) is 16.7 Å². The standard InChI is InChI=1S/C20H23ClN6O/c21-18-7-14-9-22-27(20-10-26(24-23-20)15-1-2-15)19(14)8-17(18)13-3-5-25(6-4-13)16-11-28-12-16/h7-10,13,15-16H,1-6,11-12H2. The van der Waals surface area contributed by atoms with Gasteiger partial charge < -0.3 is 4.74 Å². The molecule has 0 bridgehead atoms. The van der Waals surface area contributed by atoms with Gasteiger partial charge in [0.1, 0.15) is 0 Å². The van der Waals surface area contributed by atoms with E-state index in [-0.39, 0.29) is 0 Å². The molecule has 3 aliphatic rings. The maximum Gasteiger partial charge on any atom is 0.196 e. The maximum atomic E-state index is 6.68. The predicted octanol–water partition coefficient (Wildman–Crippen LogP) is 3.18. The van der Waals surface area contributed by atoms with Crippen LogP contribution in [0.1, 0.15) is 43.2 Å². The van der Waals surface area contributed by atoms with E-state index >= 15 is 0 Å². The zero-order valence-corrected chi connectivity index (χ0v) is 16.4. The molecular weight excluding hydrogens is 376 g/mol. The van der Waals surface area contributed by atoms with E-state index in [4.69, 9.17) is 16.3 Å². The van der Waals surface area contributed by atoms with Gasteiger partial charge in [0.05, 0.1) is 43.2 Å². The molecule has 2 saturated heterocycles. The van der Waals surface area contributed by atoms with Gasteiger partial charge in [-0.05, 0) is 62.4 Å². The molecule has 2 aromatic heterocycles. The van der Waals surface area contributed by atoms with Crippen LogP contribution in [-0.4, -0.2) is 62.0 Å². The molecule has 3 fully saturated rings. The van der Waals surface area contributed by atoms with Crippen molar-refractivity contribution in [1.82, 2.24) is 29.7 Å². The van der Waals surface area contributed by atoms with Crippen molar-refractivity contribution >= 4 is 22.5 Å². The smallest absolute Gasteiger partial charge is 0.196 e. The highest BCUT2D eigenvalue weighted by Gasteiger charge is 2.31. The number of hydrogen-bond acceptors (Lipinski definition) is 5. The second-order valence-electron chi connectivity index (χ2n) is 8.28. The predicted molar refractivity (Wildman–Crippen MR) is 106 cm³/mol. The second-order valence-corrected chi connectivity index (χ2v) is 8.69. The lowest BCUT2D eigenvalue weighted by molar-refractivity contribution is -0.0712. The van der Waals surface area contributed by atoms with Crippen LogP contribution in [0.2, 0.25) is 5.02 Å². The Morgan fingerprint density at radius 3 is 2.57 bits per heavy atom. The monoisotopic (exact) mass is 398 g/mol. The van der Waals surface area contributed by atoms with Crippen molar-refractivity contribution in [2.75, 3.05) is 26.3 Å². The molecule has 7 nitrogen and oxygen atoms in total. The minimum absolute atomic E-state index is 0.486. The second kappa shape index (κ2) is 6.54. The minimum Gasteiger partial charge on any atom is -0.378 e. The van der Waals surface area contributed by atoms with Gasteiger partial charge >= 0.3 is 0 Å². The van der Waals surface area contributed by atoms with Crippen molar-refractivity contribution < 1.29 is 4.74 Å². The third-order valence-corrected chi connectivity index (χ3v) is 6.76. The van der Waals surface area contributed by atoms with Gasteiger partial charge in [0.2, 0.25) is 0 Å². The normalized spacial score (nSPS) is 22.0. The highest BCUT2D eigenvalue weighted by Crippen LogP contribution is 2.37. The molecule has 4 heterocycles. The summed E-state index contributed by atoms with van der Waals surface area (Å²) in [5.74, 6) is 1.26. The van der Waals surface area contributed by atoms with Crippen LogP contribution in [-0.2, 0) is 4.74 Å². The zero-order valence-electron chi connectivity index (χ0n) is 15.7. The Morgan fingerprint density at radius 1 is 1.04 bits per heavy atom. The Hall–Kier alpha value is -1.96. The molecule has 8 heteroatoms. The Balaban J connectivity index is 1.30. The number of likely N-dealkylation sites (tertiary alicyclic amines) is 1. The average molecular weight is 399 g/mol. The average Bonchev–Trinajstić information content (AvgIpc) is 3.26. The number of piperidine rings is 1. The third-order valence-electron chi connectivity index (χ3n) is 6.43. The fourth-order valence-corrected chi connectivity index (χ4v) is 4.78. The summed E-state index contributed by atoms with van der Waals surface area (Å²) in [5, 5.41) is 15.1. The maximum absolute atomic E-state index is 6.68. The van der Waals surface area contributed by atoms with Gasteiger partial charge in [-0.1, -0.05) is 16.8 Å². The Bertz CT molecular complexity index is 1010. The Morgan fingerprint density at radius 2 is 1.86 bits per heavy atom. The summed E-state index contributed by atoms with van der Waals surface area (Å²) in [5.41, 5.74) is 2.28. The molecule has 6 rings (SSSR count). The Labute approximate surface area is 168 Å². The first-order valence-electron chi connectivity index (χ1n) is 10.2. The van der Waals surface area contributed by atoms with Crippen molar-refractivity contribution in [3.05, 3.63) is 35.1 Å². The van der Waals surface area contributed by atoms with E-state index in [1.54, 1.807) is 0 Å². The quantitative estimate of drug-likeness (QED) is 0.675. The fourth-order valence-electron chi connectivity index (χ4n) is 4.45. The van der Waals surface area contributed by atoms with Gasteiger partial charge in [-0.15, -0.1) is 5.10 Å². The topological polar surface area (TPSA) is 61.0 Å². The summed E-state index contributed by atoms with van der Waals surface area (Å²) in [7, 11) is 0. The molecule has 3 aromatic rings. The van der Waals surface area contributed by atoms with Gasteiger partial charge in [0, 0.05) is 10.4 Å². The molecule has 1 aliphatic carbocycles. The third kappa shape index (κ3) is 2.84. The molecular formula is C20H23ClN6O. The molecule has 0 radical (unpaired) electrons. The first-order valence-corrected chi connectivity index (χ1v) is 10.6. The number of rotatable bonds is 4. The molecule has 28 heavy (non-hydrogen) atoms. The van der Waals surface area contributed by atoms with Gasteiger partial charge in [-0.25, -0.2) is 9.36 Å². The first-order chi connectivity index (χ1) is 13.8. The van der Waals surface area contributed by atoms with Crippen molar-refractivity contribution in [1.29, 1.82) is 0 Å². The zero-order chi connectivity index (χ0) is 18.7. The van der Waals surface area contributed by atoms with E-state index < -0.39 is 0 Å². The summed E-state index contributed by atoms with van der Waals surface area (Å²) in [4.78, 5) is 2.56. The lowest BCUT2D eigenvalue weighted by Gasteiger charge is -2.41. The molecule has 0 spiro atoms. The van der Waals surface area contributed by atoms with Crippen LogP contribution in [0.3, 0.4) is 0 Å². The summed E-state index contributed by atoms with van der Waals surface area (Å²) < 4.78 is 9.20. The number of aromatic nitrogens is 5. The number of benzene rings is 1. The molecule has 1 saturated carbocycles. The van der Waals surface area contributed by atoms with E-state index in [1.807, 2.05) is 27.8 Å². The number of halogens is 1. The molecule has 1 aromatic carbocycles. The first kappa shape index (κ1) is 16.9. The van der Waals surface area contributed by atoms with Crippen LogP contribution in [0.5, 0.6) is 0 Å². The summed E-state index contributed by atoms with van der Waals surface area (Å²) in [6, 6.07) is 5.40. The number of ether oxygens (including phenoxy) is 1. The molecule has 0 amide bonds. The van der Waals surface area contributed by atoms with Crippen molar-refractivity contribution in [3.63, 3.8) is 0 Å². The van der Waals surface area contributed by atoms with E-state index in [0.29, 0.717) is 18.0 Å². The Kier molecular flexibility index (Phi) is 3.96. The van der Waals surface area contributed by atoms with Gasteiger partial charge in [0.15, 0.2) is 5.82 Å². The summed E-state index contributed by atoms with van der Waals surface area (Å²) in [6.45, 7) is 4.00. The highest BCUT2D eigenvalue weighted by molar-refractivity contribution is 6.32. The lowest BCUT2D eigenvalue weighted by atomic mass is 9.88. The molecule has 0 atom stereocenters. The number of nitrogens with zero attached hydrogens (tertiary/aromatic N) is 6. The fraction of sp³-hybridized carbons (Fsp3) is 0.550. The van der Waals surface area contributed by atoms with Crippen LogP contribution in [0, 0.1) is 0 Å². The van der Waals surface area contributed by atoms with Crippen LogP contribution in [0.15, 0.2) is 24.5 Å². The van der Waals surface area contributed by atoms with Crippen molar-refractivity contribution in [3.8, 4) is 5.82 Å².